The van der Waals surface area contributed by atoms with Gasteiger partial charge in [0, 0.05) is 6.54 Å². The lowest BCUT2D eigenvalue weighted by atomic mass is 10.1. The summed E-state index contributed by atoms with van der Waals surface area (Å²) >= 11 is 6.29. The lowest BCUT2D eigenvalue weighted by molar-refractivity contribution is -0.123. The largest absolute Gasteiger partial charge is 0.373 e. The Hall–Kier alpha value is -2.88. The number of carbonyl (C=O) groups excluding carboxylic acids is 2. The second-order valence-corrected chi connectivity index (χ2v) is 8.57. The first kappa shape index (κ1) is 21.8. The van der Waals surface area contributed by atoms with Crippen LogP contribution >= 0.6 is 11.6 Å². The Labute approximate surface area is 181 Å². The van der Waals surface area contributed by atoms with Crippen molar-refractivity contribution in [3.8, 4) is 6.07 Å². The molecule has 0 saturated carbocycles. The topological polar surface area (TPSA) is 73.6 Å². The Morgan fingerprint density at radius 2 is 1.80 bits per heavy atom. The molecule has 2 aromatic carbocycles. The summed E-state index contributed by atoms with van der Waals surface area (Å²) in [5, 5.41) is 9.43. The van der Waals surface area contributed by atoms with Crippen molar-refractivity contribution < 1.29 is 14.3 Å². The van der Waals surface area contributed by atoms with Gasteiger partial charge < -0.3 is 9.64 Å². The van der Waals surface area contributed by atoms with Gasteiger partial charge in [-0.2, -0.15) is 5.26 Å². The first-order valence-electron chi connectivity index (χ1n) is 9.65. The SMILES string of the molecule is Cc1c(N2C(=O)C(COC(C)(C)C)N(Cc3ccccc3)C2=O)ccc(C#N)c1Cl. The minimum Gasteiger partial charge on any atom is -0.373 e. The number of benzene rings is 2. The van der Waals surface area contributed by atoms with Gasteiger partial charge in [-0.25, -0.2) is 9.69 Å². The average molecular weight is 426 g/mol. The fourth-order valence-corrected chi connectivity index (χ4v) is 3.51. The summed E-state index contributed by atoms with van der Waals surface area (Å²) in [5.74, 6) is -0.371. The smallest absolute Gasteiger partial charge is 0.332 e. The molecule has 1 aliphatic rings. The van der Waals surface area contributed by atoms with Crippen molar-refractivity contribution in [3.63, 3.8) is 0 Å². The van der Waals surface area contributed by atoms with Crippen LogP contribution in [0.15, 0.2) is 42.5 Å². The number of hydrogen-bond donors (Lipinski definition) is 0. The number of imide groups is 1. The van der Waals surface area contributed by atoms with Crippen LogP contribution in [0.5, 0.6) is 0 Å². The molecule has 3 rings (SSSR count). The van der Waals surface area contributed by atoms with Gasteiger partial charge in [-0.3, -0.25) is 4.79 Å². The van der Waals surface area contributed by atoms with E-state index >= 15 is 0 Å². The van der Waals surface area contributed by atoms with Gasteiger partial charge in [0.25, 0.3) is 5.91 Å². The van der Waals surface area contributed by atoms with E-state index in [2.05, 4.69) is 0 Å². The molecule has 2 aromatic rings. The molecule has 0 aromatic heterocycles. The van der Waals surface area contributed by atoms with Gasteiger partial charge in [0.05, 0.1) is 28.5 Å². The van der Waals surface area contributed by atoms with Crippen LogP contribution in [-0.2, 0) is 16.1 Å². The Balaban J connectivity index is 1.99. The highest BCUT2D eigenvalue weighted by Crippen LogP contribution is 2.34. The van der Waals surface area contributed by atoms with Gasteiger partial charge in [0.15, 0.2) is 0 Å². The van der Waals surface area contributed by atoms with E-state index in [1.54, 1.807) is 13.0 Å². The van der Waals surface area contributed by atoms with E-state index in [1.165, 1.54) is 11.0 Å². The van der Waals surface area contributed by atoms with Gasteiger partial charge in [-0.05, 0) is 51.0 Å². The molecule has 30 heavy (non-hydrogen) atoms. The van der Waals surface area contributed by atoms with Crippen LogP contribution in [-0.4, -0.2) is 35.1 Å². The number of hydrogen-bond acceptors (Lipinski definition) is 4. The van der Waals surface area contributed by atoms with E-state index < -0.39 is 17.7 Å². The van der Waals surface area contributed by atoms with Crippen LogP contribution in [0.4, 0.5) is 10.5 Å². The quantitative estimate of drug-likeness (QED) is 0.652. The van der Waals surface area contributed by atoms with Crippen molar-refractivity contribution in [1.29, 1.82) is 5.26 Å². The first-order chi connectivity index (χ1) is 14.1. The van der Waals surface area contributed by atoms with E-state index in [9.17, 15) is 14.9 Å². The molecule has 3 amide bonds. The molecule has 0 N–H and O–H groups in total. The monoisotopic (exact) mass is 425 g/mol. The van der Waals surface area contributed by atoms with Gasteiger partial charge in [0.1, 0.15) is 12.1 Å². The molecule has 0 radical (unpaired) electrons. The summed E-state index contributed by atoms with van der Waals surface area (Å²) in [6.07, 6.45) is 0. The third kappa shape index (κ3) is 4.33. The maximum Gasteiger partial charge on any atom is 0.332 e. The Bertz CT molecular complexity index is 1010. The van der Waals surface area contributed by atoms with Crippen molar-refractivity contribution in [2.45, 2.75) is 45.9 Å². The molecule has 6 nitrogen and oxygen atoms in total. The summed E-state index contributed by atoms with van der Waals surface area (Å²) < 4.78 is 5.86. The first-order valence-corrected chi connectivity index (χ1v) is 10.0. The minimum atomic E-state index is -0.759. The lowest BCUT2D eigenvalue weighted by Crippen LogP contribution is -2.40. The van der Waals surface area contributed by atoms with Crippen molar-refractivity contribution >= 4 is 29.2 Å². The highest BCUT2D eigenvalue weighted by molar-refractivity contribution is 6.33. The number of anilines is 1. The van der Waals surface area contributed by atoms with E-state index in [-0.39, 0.29) is 24.1 Å². The summed E-state index contributed by atoms with van der Waals surface area (Å²) in [7, 11) is 0. The van der Waals surface area contributed by atoms with Gasteiger partial charge in [0.2, 0.25) is 0 Å². The number of carbonyl (C=O) groups is 2. The molecule has 0 spiro atoms. The molecule has 156 valence electrons. The standard InChI is InChI=1S/C23H24ClN3O3/c1-15-18(11-10-17(12-25)20(15)24)27-21(28)19(14-30-23(2,3)4)26(22(27)29)13-16-8-6-5-7-9-16/h5-11,19H,13-14H2,1-4H3. The molecule has 0 bridgehead atoms. The maximum absolute atomic E-state index is 13.3. The van der Waals surface area contributed by atoms with Crippen molar-refractivity contribution in [2.24, 2.45) is 0 Å². The second-order valence-electron chi connectivity index (χ2n) is 8.19. The fraction of sp³-hybridized carbons (Fsp3) is 0.348. The van der Waals surface area contributed by atoms with Crippen LogP contribution in [0.1, 0.15) is 37.5 Å². The summed E-state index contributed by atoms with van der Waals surface area (Å²) in [6.45, 7) is 7.76. The van der Waals surface area contributed by atoms with E-state index in [0.717, 1.165) is 10.5 Å². The second kappa shape index (κ2) is 8.47. The average Bonchev–Trinajstić information content (AvgIpc) is 2.92. The predicted molar refractivity (Wildman–Crippen MR) is 115 cm³/mol. The number of halogens is 1. The zero-order valence-electron chi connectivity index (χ0n) is 17.5. The molecule has 1 atom stereocenters. The molecule has 1 saturated heterocycles. The lowest BCUT2D eigenvalue weighted by Gasteiger charge is -2.26. The fourth-order valence-electron chi connectivity index (χ4n) is 3.31. The number of nitriles is 1. The number of rotatable bonds is 5. The number of amides is 3. The number of nitrogens with zero attached hydrogens (tertiary/aromatic N) is 3. The maximum atomic E-state index is 13.3. The van der Waals surface area contributed by atoms with Gasteiger partial charge in [-0.15, -0.1) is 0 Å². The molecule has 1 aliphatic heterocycles. The molecule has 1 heterocycles. The Kier molecular flexibility index (Phi) is 6.16. The summed E-state index contributed by atoms with van der Waals surface area (Å²) in [5.41, 5.74) is 1.64. The van der Waals surface area contributed by atoms with Crippen LogP contribution in [0.2, 0.25) is 5.02 Å². The zero-order valence-corrected chi connectivity index (χ0v) is 18.2. The Morgan fingerprint density at radius 3 is 2.40 bits per heavy atom. The third-order valence-corrected chi connectivity index (χ3v) is 5.39. The van der Waals surface area contributed by atoms with E-state index in [1.807, 2.05) is 57.2 Å². The van der Waals surface area contributed by atoms with Crippen LogP contribution in [0.25, 0.3) is 0 Å². The van der Waals surface area contributed by atoms with Crippen LogP contribution in [0, 0.1) is 18.3 Å². The zero-order chi connectivity index (χ0) is 22.1. The van der Waals surface area contributed by atoms with Gasteiger partial charge in [-0.1, -0.05) is 41.9 Å². The van der Waals surface area contributed by atoms with Crippen LogP contribution < -0.4 is 4.90 Å². The molecule has 1 fully saturated rings. The third-order valence-electron chi connectivity index (χ3n) is 4.91. The Morgan fingerprint density at radius 1 is 1.13 bits per heavy atom. The molecule has 0 aliphatic carbocycles. The van der Waals surface area contributed by atoms with Gasteiger partial charge >= 0.3 is 6.03 Å². The van der Waals surface area contributed by atoms with Crippen LogP contribution in [0.3, 0.4) is 0 Å². The highest BCUT2D eigenvalue weighted by atomic mass is 35.5. The number of ether oxygens (including phenoxy) is 1. The molecule has 1 unspecified atom stereocenters. The number of urea groups is 1. The highest BCUT2D eigenvalue weighted by Gasteiger charge is 2.47. The molecular weight excluding hydrogens is 402 g/mol. The minimum absolute atomic E-state index is 0.0838. The summed E-state index contributed by atoms with van der Waals surface area (Å²) in [4.78, 5) is 29.3. The van der Waals surface area contributed by atoms with E-state index in [0.29, 0.717) is 16.8 Å². The van der Waals surface area contributed by atoms with Crippen molar-refractivity contribution in [3.05, 3.63) is 64.2 Å². The van der Waals surface area contributed by atoms with Crippen molar-refractivity contribution in [1.82, 2.24) is 4.90 Å². The normalized spacial score (nSPS) is 16.9. The molecule has 7 heteroatoms. The molecular formula is C23H24ClN3O3. The predicted octanol–water partition coefficient (Wildman–Crippen LogP) is 4.67. The van der Waals surface area contributed by atoms with E-state index in [4.69, 9.17) is 16.3 Å². The summed E-state index contributed by atoms with van der Waals surface area (Å²) in [6, 6.07) is 13.4. The van der Waals surface area contributed by atoms with Crippen molar-refractivity contribution in [2.75, 3.05) is 11.5 Å².